The number of anilines is 2. The number of hydrogen-bond donors (Lipinski definition) is 1. The number of hydrogen-bond acceptors (Lipinski definition) is 4. The molecule has 0 aliphatic carbocycles. The maximum Gasteiger partial charge on any atom is 0.232 e. The Morgan fingerprint density at radius 3 is 2.30 bits per heavy atom. The maximum atomic E-state index is 12.2. The SMILES string of the molecule is Cc1nc(C(C)(C)C)oc1CC(=O)Nc1ccc(N(C)C)cc1. The molecule has 23 heavy (non-hydrogen) atoms. The number of aryl methyl sites for hydroxylation is 1. The molecule has 1 amide bonds. The quantitative estimate of drug-likeness (QED) is 0.937. The fraction of sp³-hybridized carbons (Fsp3) is 0.444. The molecule has 0 atom stereocenters. The first-order valence-electron chi connectivity index (χ1n) is 7.71. The van der Waals surface area contributed by atoms with Crippen molar-refractivity contribution in [1.82, 2.24) is 4.98 Å². The van der Waals surface area contributed by atoms with Gasteiger partial charge in [-0.25, -0.2) is 4.98 Å². The first kappa shape index (κ1) is 17.1. The van der Waals surface area contributed by atoms with E-state index in [0.29, 0.717) is 11.7 Å². The fourth-order valence-electron chi connectivity index (χ4n) is 2.11. The van der Waals surface area contributed by atoms with E-state index in [1.807, 2.05) is 71.0 Å². The summed E-state index contributed by atoms with van der Waals surface area (Å²) >= 11 is 0. The second-order valence-electron chi connectivity index (χ2n) is 6.94. The number of nitrogens with zero attached hydrogens (tertiary/aromatic N) is 2. The van der Waals surface area contributed by atoms with Gasteiger partial charge in [-0.15, -0.1) is 0 Å². The zero-order valence-electron chi connectivity index (χ0n) is 14.7. The van der Waals surface area contributed by atoms with Crippen LogP contribution in [0.2, 0.25) is 0 Å². The Bertz CT molecular complexity index is 679. The van der Waals surface area contributed by atoms with Gasteiger partial charge in [-0.1, -0.05) is 20.8 Å². The van der Waals surface area contributed by atoms with Crippen LogP contribution in [-0.2, 0) is 16.6 Å². The average Bonchev–Trinajstić information content (AvgIpc) is 2.80. The Labute approximate surface area is 137 Å². The summed E-state index contributed by atoms with van der Waals surface area (Å²) in [4.78, 5) is 18.6. The van der Waals surface area contributed by atoms with E-state index in [0.717, 1.165) is 17.1 Å². The lowest BCUT2D eigenvalue weighted by atomic mass is 9.97. The summed E-state index contributed by atoms with van der Waals surface area (Å²) in [5, 5.41) is 2.89. The number of nitrogens with one attached hydrogen (secondary N) is 1. The monoisotopic (exact) mass is 315 g/mol. The van der Waals surface area contributed by atoms with Gasteiger partial charge in [-0.3, -0.25) is 4.79 Å². The number of rotatable bonds is 4. The molecule has 1 aromatic heterocycles. The molecule has 0 saturated carbocycles. The minimum atomic E-state index is -0.165. The van der Waals surface area contributed by atoms with Crippen LogP contribution in [-0.4, -0.2) is 25.0 Å². The van der Waals surface area contributed by atoms with Gasteiger partial charge in [0.15, 0.2) is 5.89 Å². The number of carbonyl (C=O) groups is 1. The van der Waals surface area contributed by atoms with Crippen molar-refractivity contribution in [3.8, 4) is 0 Å². The molecule has 0 unspecified atom stereocenters. The second-order valence-corrected chi connectivity index (χ2v) is 6.94. The zero-order chi connectivity index (χ0) is 17.2. The van der Waals surface area contributed by atoms with Crippen molar-refractivity contribution in [3.05, 3.63) is 41.6 Å². The highest BCUT2D eigenvalue weighted by Gasteiger charge is 2.23. The Morgan fingerprint density at radius 2 is 1.83 bits per heavy atom. The topological polar surface area (TPSA) is 58.4 Å². The first-order valence-corrected chi connectivity index (χ1v) is 7.71. The van der Waals surface area contributed by atoms with Crippen LogP contribution >= 0.6 is 0 Å². The highest BCUT2D eigenvalue weighted by atomic mass is 16.4. The van der Waals surface area contributed by atoms with Crippen LogP contribution in [0.4, 0.5) is 11.4 Å². The van der Waals surface area contributed by atoms with E-state index in [2.05, 4.69) is 10.3 Å². The smallest absolute Gasteiger partial charge is 0.232 e. The molecule has 0 aliphatic rings. The summed E-state index contributed by atoms with van der Waals surface area (Å²) < 4.78 is 5.76. The Morgan fingerprint density at radius 1 is 1.22 bits per heavy atom. The molecule has 0 bridgehead atoms. The molecule has 1 aromatic carbocycles. The maximum absolute atomic E-state index is 12.2. The van der Waals surface area contributed by atoms with Gasteiger partial charge in [-0.2, -0.15) is 0 Å². The van der Waals surface area contributed by atoms with Gasteiger partial charge in [0.05, 0.1) is 12.1 Å². The number of oxazole rings is 1. The van der Waals surface area contributed by atoms with E-state index in [1.54, 1.807) is 0 Å². The third kappa shape index (κ3) is 4.34. The van der Waals surface area contributed by atoms with Gasteiger partial charge in [0.1, 0.15) is 5.76 Å². The van der Waals surface area contributed by atoms with Gasteiger partial charge in [0, 0.05) is 30.9 Å². The number of benzene rings is 1. The molecule has 124 valence electrons. The van der Waals surface area contributed by atoms with Crippen LogP contribution in [0.3, 0.4) is 0 Å². The molecule has 1 heterocycles. The summed E-state index contributed by atoms with van der Waals surface area (Å²) in [5.41, 5.74) is 2.47. The third-order valence-corrected chi connectivity index (χ3v) is 3.52. The largest absolute Gasteiger partial charge is 0.444 e. The standard InChI is InChI=1S/C18H25N3O2/c1-12-15(23-17(19-12)18(2,3)4)11-16(22)20-13-7-9-14(10-8-13)21(5)6/h7-10H,11H2,1-6H3,(H,20,22). The van der Waals surface area contributed by atoms with Crippen LogP contribution in [0.25, 0.3) is 0 Å². The molecule has 5 heteroatoms. The molecular weight excluding hydrogens is 290 g/mol. The number of amides is 1. The van der Waals surface area contributed by atoms with Crippen molar-refractivity contribution in [2.75, 3.05) is 24.3 Å². The Hall–Kier alpha value is -2.30. The van der Waals surface area contributed by atoms with E-state index in [-0.39, 0.29) is 17.7 Å². The van der Waals surface area contributed by atoms with Crippen molar-refractivity contribution in [3.63, 3.8) is 0 Å². The highest BCUT2D eigenvalue weighted by Crippen LogP contribution is 2.24. The predicted molar refractivity (Wildman–Crippen MR) is 93.0 cm³/mol. The summed E-state index contributed by atoms with van der Waals surface area (Å²) in [6, 6.07) is 7.71. The van der Waals surface area contributed by atoms with E-state index in [1.165, 1.54) is 0 Å². The molecule has 0 radical (unpaired) electrons. The average molecular weight is 315 g/mol. The van der Waals surface area contributed by atoms with E-state index < -0.39 is 0 Å². The summed E-state index contributed by atoms with van der Waals surface area (Å²) in [5.74, 6) is 1.17. The van der Waals surface area contributed by atoms with Crippen molar-refractivity contribution < 1.29 is 9.21 Å². The van der Waals surface area contributed by atoms with Gasteiger partial charge in [0.2, 0.25) is 5.91 Å². The van der Waals surface area contributed by atoms with Crippen molar-refractivity contribution in [2.45, 2.75) is 39.5 Å². The number of carbonyl (C=O) groups excluding carboxylic acids is 1. The van der Waals surface area contributed by atoms with Crippen molar-refractivity contribution in [1.29, 1.82) is 0 Å². The molecule has 2 rings (SSSR count). The van der Waals surface area contributed by atoms with Gasteiger partial charge in [0.25, 0.3) is 0 Å². The van der Waals surface area contributed by atoms with Crippen LogP contribution in [0.1, 0.15) is 38.1 Å². The zero-order valence-corrected chi connectivity index (χ0v) is 14.7. The highest BCUT2D eigenvalue weighted by molar-refractivity contribution is 5.92. The Kier molecular flexibility index (Phi) is 4.78. The summed E-state index contributed by atoms with van der Waals surface area (Å²) in [6.07, 6.45) is 0.185. The molecule has 1 N–H and O–H groups in total. The minimum Gasteiger partial charge on any atom is -0.444 e. The lowest BCUT2D eigenvalue weighted by molar-refractivity contribution is -0.115. The van der Waals surface area contributed by atoms with Crippen molar-refractivity contribution >= 4 is 17.3 Å². The van der Waals surface area contributed by atoms with Gasteiger partial charge in [-0.05, 0) is 31.2 Å². The van der Waals surface area contributed by atoms with E-state index in [4.69, 9.17) is 4.42 Å². The van der Waals surface area contributed by atoms with Gasteiger partial charge >= 0.3 is 0 Å². The lowest BCUT2D eigenvalue weighted by Crippen LogP contribution is -2.15. The van der Waals surface area contributed by atoms with Gasteiger partial charge < -0.3 is 14.6 Å². The van der Waals surface area contributed by atoms with E-state index in [9.17, 15) is 4.79 Å². The summed E-state index contributed by atoms with van der Waals surface area (Å²) in [7, 11) is 3.96. The van der Waals surface area contributed by atoms with Crippen LogP contribution in [0.15, 0.2) is 28.7 Å². The third-order valence-electron chi connectivity index (χ3n) is 3.52. The molecular formula is C18H25N3O2. The van der Waals surface area contributed by atoms with Crippen LogP contribution in [0.5, 0.6) is 0 Å². The minimum absolute atomic E-state index is 0.109. The Balaban J connectivity index is 2.04. The molecule has 5 nitrogen and oxygen atoms in total. The normalized spacial score (nSPS) is 11.4. The van der Waals surface area contributed by atoms with Crippen LogP contribution < -0.4 is 10.2 Å². The predicted octanol–water partition coefficient (Wildman–Crippen LogP) is 3.53. The van der Waals surface area contributed by atoms with Crippen LogP contribution in [0, 0.1) is 6.92 Å². The second kappa shape index (κ2) is 6.44. The molecule has 2 aromatic rings. The fourth-order valence-corrected chi connectivity index (χ4v) is 2.11. The molecule has 0 spiro atoms. The first-order chi connectivity index (χ1) is 10.7. The molecule has 0 fully saturated rings. The number of aromatic nitrogens is 1. The van der Waals surface area contributed by atoms with E-state index >= 15 is 0 Å². The molecule has 0 aliphatic heterocycles. The lowest BCUT2D eigenvalue weighted by Gasteiger charge is -2.13. The summed E-state index contributed by atoms with van der Waals surface area (Å²) in [6.45, 7) is 7.98. The molecule has 0 saturated heterocycles. The van der Waals surface area contributed by atoms with Crippen molar-refractivity contribution in [2.24, 2.45) is 0 Å².